The van der Waals surface area contributed by atoms with Crippen molar-refractivity contribution in [3.05, 3.63) is 62.5 Å². The molecule has 0 aliphatic carbocycles. The third-order valence-electron chi connectivity index (χ3n) is 2.61. The number of carbonyl (C=O) groups is 2. The average Bonchev–Trinajstić information content (AvgIpc) is 2.51. The molecule has 2 amide bonds. The molecule has 0 aliphatic rings. The van der Waals surface area contributed by atoms with Crippen LogP contribution in [-0.4, -0.2) is 18.0 Å². The molecule has 0 spiro atoms. The number of rotatable bonds is 3. The summed E-state index contributed by atoms with van der Waals surface area (Å²) in [5.74, 6) is -1.83. The van der Waals surface area contributed by atoms with E-state index in [-0.39, 0.29) is 10.7 Å². The van der Waals surface area contributed by atoms with Gasteiger partial charge in [0.05, 0.1) is 16.9 Å². The molecule has 0 radical (unpaired) electrons. The highest BCUT2D eigenvalue weighted by Crippen LogP contribution is 2.25. The molecular formula is C15H10BrCl2N3O2. The van der Waals surface area contributed by atoms with E-state index in [0.29, 0.717) is 5.02 Å². The maximum absolute atomic E-state index is 11.8. The van der Waals surface area contributed by atoms with Crippen molar-refractivity contribution in [3.8, 4) is 0 Å². The molecule has 2 aromatic carbocycles. The number of carbonyl (C=O) groups excluding carboxylic acids is 2. The molecule has 2 N–H and O–H groups in total. The van der Waals surface area contributed by atoms with Gasteiger partial charge in [0.1, 0.15) is 0 Å². The highest BCUT2D eigenvalue weighted by atomic mass is 79.9. The Labute approximate surface area is 150 Å². The van der Waals surface area contributed by atoms with E-state index in [1.807, 2.05) is 18.2 Å². The van der Waals surface area contributed by atoms with Crippen LogP contribution in [0.2, 0.25) is 10.0 Å². The van der Waals surface area contributed by atoms with Crippen LogP contribution in [0.25, 0.3) is 0 Å². The molecule has 0 atom stereocenters. The summed E-state index contributed by atoms with van der Waals surface area (Å²) < 4.78 is 0.876. The Morgan fingerprint density at radius 1 is 1.09 bits per heavy atom. The number of hydrogen-bond acceptors (Lipinski definition) is 3. The molecular weight excluding hydrogens is 405 g/mol. The van der Waals surface area contributed by atoms with Crippen LogP contribution in [0.15, 0.2) is 52.0 Å². The molecule has 0 aliphatic heterocycles. The minimum atomic E-state index is -0.924. The summed E-state index contributed by atoms with van der Waals surface area (Å²) in [6.45, 7) is 0. The van der Waals surface area contributed by atoms with E-state index in [2.05, 4.69) is 31.8 Å². The van der Waals surface area contributed by atoms with E-state index in [1.54, 1.807) is 12.1 Å². The second-order valence-corrected chi connectivity index (χ2v) is 6.09. The first-order chi connectivity index (χ1) is 11.0. The number of nitrogens with one attached hydrogen (secondary N) is 2. The fourth-order valence-electron chi connectivity index (χ4n) is 1.58. The van der Waals surface area contributed by atoms with Gasteiger partial charge in [0.25, 0.3) is 0 Å². The average molecular weight is 415 g/mol. The van der Waals surface area contributed by atoms with Gasteiger partial charge in [-0.05, 0) is 35.9 Å². The fraction of sp³-hybridized carbons (Fsp3) is 0. The molecule has 2 aromatic rings. The maximum atomic E-state index is 11.8. The topological polar surface area (TPSA) is 70.6 Å². The van der Waals surface area contributed by atoms with Gasteiger partial charge in [-0.15, -0.1) is 0 Å². The largest absolute Gasteiger partial charge is 0.329 e. The predicted molar refractivity (Wildman–Crippen MR) is 95.0 cm³/mol. The van der Waals surface area contributed by atoms with Crippen molar-refractivity contribution in [2.75, 3.05) is 5.32 Å². The lowest BCUT2D eigenvalue weighted by molar-refractivity contribution is -0.136. The Morgan fingerprint density at radius 3 is 2.61 bits per heavy atom. The Morgan fingerprint density at radius 2 is 1.87 bits per heavy atom. The number of halogens is 3. The van der Waals surface area contributed by atoms with E-state index >= 15 is 0 Å². The molecule has 0 unspecified atom stereocenters. The monoisotopic (exact) mass is 413 g/mol. The van der Waals surface area contributed by atoms with Crippen LogP contribution >= 0.6 is 39.1 Å². The van der Waals surface area contributed by atoms with Crippen LogP contribution in [-0.2, 0) is 9.59 Å². The van der Waals surface area contributed by atoms with Gasteiger partial charge in [-0.3, -0.25) is 9.59 Å². The SMILES string of the molecule is O=C(NN=Cc1cccc(Br)c1)C(=O)Nc1cc(Cl)ccc1Cl. The van der Waals surface area contributed by atoms with Gasteiger partial charge in [0, 0.05) is 9.50 Å². The summed E-state index contributed by atoms with van der Waals surface area (Å²) in [5, 5.41) is 6.74. The zero-order valence-electron chi connectivity index (χ0n) is 11.5. The Bertz CT molecular complexity index is 781. The van der Waals surface area contributed by atoms with E-state index in [4.69, 9.17) is 23.2 Å². The predicted octanol–water partition coefficient (Wildman–Crippen LogP) is 3.84. The van der Waals surface area contributed by atoms with Crippen molar-refractivity contribution in [1.82, 2.24) is 5.43 Å². The van der Waals surface area contributed by atoms with Gasteiger partial charge in [-0.25, -0.2) is 5.43 Å². The van der Waals surface area contributed by atoms with Crippen molar-refractivity contribution < 1.29 is 9.59 Å². The molecule has 5 nitrogen and oxygen atoms in total. The highest BCUT2D eigenvalue weighted by molar-refractivity contribution is 9.10. The van der Waals surface area contributed by atoms with Crippen LogP contribution in [0.4, 0.5) is 5.69 Å². The molecule has 118 valence electrons. The normalized spacial score (nSPS) is 10.6. The van der Waals surface area contributed by atoms with Gasteiger partial charge < -0.3 is 5.32 Å². The van der Waals surface area contributed by atoms with Gasteiger partial charge in [-0.2, -0.15) is 5.10 Å². The van der Waals surface area contributed by atoms with Crippen molar-refractivity contribution in [2.45, 2.75) is 0 Å². The minimum absolute atomic E-state index is 0.246. The van der Waals surface area contributed by atoms with Gasteiger partial charge in [-0.1, -0.05) is 51.3 Å². The van der Waals surface area contributed by atoms with Crippen LogP contribution < -0.4 is 10.7 Å². The quantitative estimate of drug-likeness (QED) is 0.455. The maximum Gasteiger partial charge on any atom is 0.329 e. The molecule has 0 aromatic heterocycles. The Balaban J connectivity index is 1.95. The molecule has 23 heavy (non-hydrogen) atoms. The van der Waals surface area contributed by atoms with E-state index in [1.165, 1.54) is 18.3 Å². The second kappa shape index (κ2) is 8.10. The van der Waals surface area contributed by atoms with Crippen molar-refractivity contribution in [1.29, 1.82) is 0 Å². The highest BCUT2D eigenvalue weighted by Gasteiger charge is 2.14. The molecule has 8 heteroatoms. The summed E-state index contributed by atoms with van der Waals surface area (Å²) in [5.41, 5.74) is 3.14. The van der Waals surface area contributed by atoms with Crippen LogP contribution in [0, 0.1) is 0 Å². The molecule has 0 saturated heterocycles. The lowest BCUT2D eigenvalue weighted by atomic mass is 10.2. The number of amides is 2. The summed E-state index contributed by atoms with van der Waals surface area (Å²) in [4.78, 5) is 23.4. The van der Waals surface area contributed by atoms with Crippen molar-refractivity contribution >= 4 is 62.8 Å². The zero-order valence-corrected chi connectivity index (χ0v) is 14.6. The molecule has 0 bridgehead atoms. The number of hydrazone groups is 1. The fourth-order valence-corrected chi connectivity index (χ4v) is 2.33. The first kappa shape index (κ1) is 17.5. The first-order valence-electron chi connectivity index (χ1n) is 6.31. The van der Waals surface area contributed by atoms with E-state index in [0.717, 1.165) is 10.0 Å². The first-order valence-corrected chi connectivity index (χ1v) is 7.85. The third-order valence-corrected chi connectivity index (χ3v) is 3.67. The zero-order chi connectivity index (χ0) is 16.8. The summed E-state index contributed by atoms with van der Waals surface area (Å²) >= 11 is 15.0. The van der Waals surface area contributed by atoms with Crippen LogP contribution in [0.3, 0.4) is 0 Å². The number of anilines is 1. The smallest absolute Gasteiger partial charge is 0.316 e. The third kappa shape index (κ3) is 5.35. The summed E-state index contributed by atoms with van der Waals surface area (Å²) in [6.07, 6.45) is 1.42. The molecule has 2 rings (SSSR count). The molecule has 0 heterocycles. The standard InChI is InChI=1S/C15H10BrCl2N3O2/c16-10-3-1-2-9(6-10)8-19-21-15(23)14(22)20-13-7-11(17)4-5-12(13)18/h1-8H,(H,20,22)(H,21,23). The van der Waals surface area contributed by atoms with Crippen LogP contribution in [0.5, 0.6) is 0 Å². The molecule has 0 saturated carbocycles. The summed E-state index contributed by atoms with van der Waals surface area (Å²) in [6, 6.07) is 11.8. The van der Waals surface area contributed by atoms with E-state index < -0.39 is 11.8 Å². The molecule has 0 fully saturated rings. The lowest BCUT2D eigenvalue weighted by Gasteiger charge is -2.06. The number of nitrogens with zero attached hydrogens (tertiary/aromatic N) is 1. The van der Waals surface area contributed by atoms with Gasteiger partial charge in [0.2, 0.25) is 0 Å². The summed E-state index contributed by atoms with van der Waals surface area (Å²) in [7, 11) is 0. The lowest BCUT2D eigenvalue weighted by Crippen LogP contribution is -2.32. The second-order valence-electron chi connectivity index (χ2n) is 4.33. The van der Waals surface area contributed by atoms with Gasteiger partial charge in [0.15, 0.2) is 0 Å². The van der Waals surface area contributed by atoms with Crippen LogP contribution in [0.1, 0.15) is 5.56 Å². The minimum Gasteiger partial charge on any atom is -0.316 e. The Kier molecular flexibility index (Phi) is 6.15. The Hall–Kier alpha value is -1.89. The van der Waals surface area contributed by atoms with Gasteiger partial charge >= 0.3 is 11.8 Å². The number of hydrogen-bond donors (Lipinski definition) is 2. The van der Waals surface area contributed by atoms with Crippen molar-refractivity contribution in [3.63, 3.8) is 0 Å². The van der Waals surface area contributed by atoms with E-state index in [9.17, 15) is 9.59 Å². The number of benzene rings is 2. The van der Waals surface area contributed by atoms with Crippen molar-refractivity contribution in [2.24, 2.45) is 5.10 Å².